The average Bonchev–Trinajstić information content (AvgIpc) is 2.40. The average molecular weight is 217 g/mol. The molecule has 1 heterocycles. The van der Waals surface area contributed by atoms with E-state index >= 15 is 0 Å². The first kappa shape index (κ1) is 12.9. The molecule has 2 unspecified atom stereocenters. The van der Waals surface area contributed by atoms with Gasteiger partial charge < -0.3 is 4.74 Å². The molecule has 1 fully saturated rings. The number of likely N-dealkylation sites (N-methyl/N-ethyl adjacent to an activating group) is 1. The van der Waals surface area contributed by atoms with Crippen molar-refractivity contribution in [3.63, 3.8) is 0 Å². The summed E-state index contributed by atoms with van der Waals surface area (Å²) < 4.78 is 19.1. The number of ether oxygens (including phenoxy) is 1. The van der Waals surface area contributed by atoms with Crippen LogP contribution in [0.1, 0.15) is 40.0 Å². The lowest BCUT2D eigenvalue weighted by atomic mass is 9.91. The van der Waals surface area contributed by atoms with E-state index in [0.717, 1.165) is 12.8 Å². The molecule has 0 bridgehead atoms. The molecule has 1 saturated heterocycles. The predicted octanol–water partition coefficient (Wildman–Crippen LogP) is 2.62. The summed E-state index contributed by atoms with van der Waals surface area (Å²) in [5.41, 5.74) is -0.0571. The van der Waals surface area contributed by atoms with Crippen molar-refractivity contribution in [3.05, 3.63) is 0 Å². The molecular weight excluding hydrogens is 193 g/mol. The molecule has 0 amide bonds. The van der Waals surface area contributed by atoms with Gasteiger partial charge in [0.2, 0.25) is 0 Å². The molecule has 0 aromatic heterocycles. The largest absolute Gasteiger partial charge is 0.377 e. The van der Waals surface area contributed by atoms with Crippen LogP contribution in [0.2, 0.25) is 0 Å². The monoisotopic (exact) mass is 217 g/mol. The van der Waals surface area contributed by atoms with Crippen LogP contribution < -0.4 is 0 Å². The number of rotatable bonds is 5. The van der Waals surface area contributed by atoms with Crippen molar-refractivity contribution >= 4 is 0 Å². The second kappa shape index (κ2) is 5.26. The number of alkyl halides is 1. The fourth-order valence-corrected chi connectivity index (χ4v) is 2.44. The van der Waals surface area contributed by atoms with Gasteiger partial charge in [0.25, 0.3) is 0 Å². The highest BCUT2D eigenvalue weighted by molar-refractivity contribution is 4.98. The van der Waals surface area contributed by atoms with E-state index in [0.29, 0.717) is 19.6 Å². The van der Waals surface area contributed by atoms with Crippen LogP contribution in [0.15, 0.2) is 0 Å². The predicted molar refractivity (Wildman–Crippen MR) is 60.9 cm³/mol. The molecule has 3 heteroatoms. The zero-order valence-electron chi connectivity index (χ0n) is 10.4. The Balaban J connectivity index is 2.61. The van der Waals surface area contributed by atoms with Crippen LogP contribution >= 0.6 is 0 Å². The highest BCUT2D eigenvalue weighted by Gasteiger charge is 2.43. The van der Waals surface area contributed by atoms with E-state index in [4.69, 9.17) is 4.74 Å². The Kier molecular flexibility index (Phi) is 4.53. The van der Waals surface area contributed by atoms with Gasteiger partial charge in [0, 0.05) is 18.5 Å². The number of hydrogen-bond donors (Lipinski definition) is 0. The van der Waals surface area contributed by atoms with Gasteiger partial charge in [-0.2, -0.15) is 0 Å². The molecule has 0 aromatic carbocycles. The van der Waals surface area contributed by atoms with Crippen LogP contribution in [0.5, 0.6) is 0 Å². The van der Waals surface area contributed by atoms with Crippen LogP contribution in [0, 0.1) is 0 Å². The summed E-state index contributed by atoms with van der Waals surface area (Å²) in [6.45, 7) is 7.43. The van der Waals surface area contributed by atoms with Gasteiger partial charge >= 0.3 is 0 Å². The highest BCUT2D eigenvalue weighted by atomic mass is 19.1. The molecule has 0 N–H and O–H groups in total. The molecule has 0 saturated carbocycles. The van der Waals surface area contributed by atoms with Crippen LogP contribution in [0.4, 0.5) is 4.39 Å². The van der Waals surface area contributed by atoms with Crippen molar-refractivity contribution in [3.8, 4) is 0 Å². The van der Waals surface area contributed by atoms with Crippen molar-refractivity contribution in [1.29, 1.82) is 0 Å². The second-order valence-electron chi connectivity index (χ2n) is 5.02. The number of halogens is 1. The molecule has 90 valence electrons. The minimum Gasteiger partial charge on any atom is -0.377 e. The zero-order chi connectivity index (χ0) is 11.5. The Bertz CT molecular complexity index is 198. The fraction of sp³-hybridized carbons (Fsp3) is 1.00. The van der Waals surface area contributed by atoms with E-state index in [1.54, 1.807) is 0 Å². The van der Waals surface area contributed by atoms with Gasteiger partial charge in [0.05, 0.1) is 12.7 Å². The quantitative estimate of drug-likeness (QED) is 0.702. The maximum absolute atomic E-state index is 13.4. The smallest absolute Gasteiger partial charge is 0.115 e. The topological polar surface area (TPSA) is 12.5 Å². The van der Waals surface area contributed by atoms with Gasteiger partial charge in [-0.25, -0.2) is 4.39 Å². The molecule has 1 rings (SSSR count). The first-order valence-corrected chi connectivity index (χ1v) is 5.97. The van der Waals surface area contributed by atoms with Crippen molar-refractivity contribution in [2.75, 3.05) is 20.2 Å². The number of likely N-dealkylation sites (tertiary alicyclic amines) is 1. The lowest BCUT2D eigenvalue weighted by Gasteiger charge is -2.36. The van der Waals surface area contributed by atoms with E-state index < -0.39 is 6.17 Å². The fourth-order valence-electron chi connectivity index (χ4n) is 2.44. The molecule has 0 aromatic rings. The summed E-state index contributed by atoms with van der Waals surface area (Å²) in [4.78, 5) is 2.14. The molecule has 1 aliphatic heterocycles. The maximum atomic E-state index is 13.4. The Morgan fingerprint density at radius 3 is 2.60 bits per heavy atom. The van der Waals surface area contributed by atoms with E-state index in [1.807, 2.05) is 20.9 Å². The third-order valence-corrected chi connectivity index (χ3v) is 3.28. The van der Waals surface area contributed by atoms with Gasteiger partial charge in [-0.15, -0.1) is 0 Å². The molecular formula is C12H24FNO. The molecule has 2 nitrogen and oxygen atoms in total. The van der Waals surface area contributed by atoms with E-state index in [9.17, 15) is 4.39 Å². The van der Waals surface area contributed by atoms with Crippen molar-refractivity contribution < 1.29 is 9.13 Å². The zero-order valence-corrected chi connectivity index (χ0v) is 10.4. The highest BCUT2D eigenvalue weighted by Crippen LogP contribution is 2.34. The SMILES string of the molecule is CCCC1(COC(C)C)CC(F)CN1C. The summed E-state index contributed by atoms with van der Waals surface area (Å²) in [6, 6.07) is 0. The van der Waals surface area contributed by atoms with Crippen molar-refractivity contribution in [1.82, 2.24) is 4.90 Å². The normalized spacial score (nSPS) is 32.8. The van der Waals surface area contributed by atoms with Crippen molar-refractivity contribution in [2.45, 2.75) is 57.8 Å². The van der Waals surface area contributed by atoms with E-state index in [-0.39, 0.29) is 11.6 Å². The lowest BCUT2D eigenvalue weighted by molar-refractivity contribution is -0.00926. The van der Waals surface area contributed by atoms with Gasteiger partial charge in [0.1, 0.15) is 6.17 Å². The second-order valence-corrected chi connectivity index (χ2v) is 5.02. The van der Waals surface area contributed by atoms with Crippen LogP contribution in [-0.4, -0.2) is 42.9 Å². The third-order valence-electron chi connectivity index (χ3n) is 3.28. The minimum atomic E-state index is -0.683. The summed E-state index contributed by atoms with van der Waals surface area (Å²) >= 11 is 0. The summed E-state index contributed by atoms with van der Waals surface area (Å²) in [6.07, 6.45) is 2.28. The number of nitrogens with zero attached hydrogens (tertiary/aromatic N) is 1. The van der Waals surface area contributed by atoms with Crippen molar-refractivity contribution in [2.24, 2.45) is 0 Å². The van der Waals surface area contributed by atoms with Crippen LogP contribution in [0.3, 0.4) is 0 Å². The van der Waals surface area contributed by atoms with Gasteiger partial charge in [-0.05, 0) is 27.3 Å². The third kappa shape index (κ3) is 3.15. The summed E-state index contributed by atoms with van der Waals surface area (Å²) in [7, 11) is 2.01. The van der Waals surface area contributed by atoms with Gasteiger partial charge in [0.15, 0.2) is 0 Å². The molecule has 0 radical (unpaired) electrons. The molecule has 1 aliphatic rings. The van der Waals surface area contributed by atoms with Crippen LogP contribution in [0.25, 0.3) is 0 Å². The summed E-state index contributed by atoms with van der Waals surface area (Å²) in [5, 5.41) is 0. The molecule has 15 heavy (non-hydrogen) atoms. The molecule has 0 spiro atoms. The van der Waals surface area contributed by atoms with E-state index in [1.165, 1.54) is 0 Å². The Hall–Kier alpha value is -0.150. The first-order valence-electron chi connectivity index (χ1n) is 5.97. The Labute approximate surface area is 92.8 Å². The van der Waals surface area contributed by atoms with Gasteiger partial charge in [-0.1, -0.05) is 13.3 Å². The molecule has 2 atom stereocenters. The molecule has 0 aliphatic carbocycles. The number of hydrogen-bond acceptors (Lipinski definition) is 2. The first-order chi connectivity index (χ1) is 7.00. The van der Waals surface area contributed by atoms with E-state index in [2.05, 4.69) is 11.8 Å². The van der Waals surface area contributed by atoms with Crippen LogP contribution in [-0.2, 0) is 4.74 Å². The Morgan fingerprint density at radius 2 is 2.20 bits per heavy atom. The minimum absolute atomic E-state index is 0.0571. The Morgan fingerprint density at radius 1 is 1.53 bits per heavy atom. The standard InChI is InChI=1S/C12H24FNO/c1-5-6-12(9-15-10(2)3)7-11(13)8-14(12)4/h10-11H,5-9H2,1-4H3. The lowest BCUT2D eigenvalue weighted by Crippen LogP contribution is -2.45. The summed E-state index contributed by atoms with van der Waals surface area (Å²) in [5.74, 6) is 0. The maximum Gasteiger partial charge on any atom is 0.115 e. The van der Waals surface area contributed by atoms with Gasteiger partial charge in [-0.3, -0.25) is 4.90 Å².